The Balaban J connectivity index is 1.75. The van der Waals surface area contributed by atoms with Crippen LogP contribution in [0.25, 0.3) is 0 Å². The van der Waals surface area contributed by atoms with Gasteiger partial charge in [0.2, 0.25) is 0 Å². The highest BCUT2D eigenvalue weighted by molar-refractivity contribution is 9.10. The first-order valence-corrected chi connectivity index (χ1v) is 6.83. The molecule has 1 saturated carbocycles. The molecule has 0 aliphatic heterocycles. The number of anilines is 1. The van der Waals surface area contributed by atoms with E-state index in [-0.39, 0.29) is 10.2 Å². The van der Waals surface area contributed by atoms with Crippen LogP contribution in [0.1, 0.15) is 24.6 Å². The van der Waals surface area contributed by atoms with E-state index in [0.717, 1.165) is 30.7 Å². The van der Waals surface area contributed by atoms with E-state index in [1.54, 1.807) is 12.5 Å². The van der Waals surface area contributed by atoms with Crippen molar-refractivity contribution >= 4 is 21.6 Å². The van der Waals surface area contributed by atoms with E-state index < -0.39 is 11.6 Å². The predicted molar refractivity (Wildman–Crippen MR) is 71.9 cm³/mol. The lowest BCUT2D eigenvalue weighted by Gasteiger charge is -2.10. The molecule has 100 valence electrons. The molecule has 3 nitrogen and oxygen atoms in total. The number of hydrogen-bond acceptors (Lipinski definition) is 2. The summed E-state index contributed by atoms with van der Waals surface area (Å²) in [6.07, 6.45) is 5.85. The lowest BCUT2D eigenvalue weighted by atomic mass is 10.3. The Morgan fingerprint density at radius 3 is 2.84 bits per heavy atom. The molecular formula is C13H12BrF2N3. The average Bonchev–Trinajstić information content (AvgIpc) is 3.12. The van der Waals surface area contributed by atoms with Crippen LogP contribution < -0.4 is 5.32 Å². The van der Waals surface area contributed by atoms with Crippen LogP contribution in [0.2, 0.25) is 0 Å². The Morgan fingerprint density at radius 2 is 2.11 bits per heavy atom. The molecule has 2 aromatic rings. The first-order chi connectivity index (χ1) is 9.15. The molecule has 1 aliphatic rings. The number of nitrogens with zero attached hydrogens (tertiary/aromatic N) is 2. The smallest absolute Gasteiger partial charge is 0.147 e. The molecule has 0 radical (unpaired) electrons. The van der Waals surface area contributed by atoms with Crippen molar-refractivity contribution < 1.29 is 8.78 Å². The van der Waals surface area contributed by atoms with Gasteiger partial charge in [0.1, 0.15) is 11.6 Å². The molecule has 19 heavy (non-hydrogen) atoms. The van der Waals surface area contributed by atoms with Gasteiger partial charge in [-0.15, -0.1) is 0 Å². The van der Waals surface area contributed by atoms with Crippen LogP contribution in [0.15, 0.2) is 29.1 Å². The second kappa shape index (κ2) is 4.92. The van der Waals surface area contributed by atoms with Crippen molar-refractivity contribution in [1.82, 2.24) is 9.55 Å². The fourth-order valence-electron chi connectivity index (χ4n) is 1.99. The van der Waals surface area contributed by atoms with Crippen molar-refractivity contribution in [3.05, 3.63) is 46.5 Å². The van der Waals surface area contributed by atoms with E-state index in [2.05, 4.69) is 30.8 Å². The zero-order valence-electron chi connectivity index (χ0n) is 10.0. The minimum absolute atomic E-state index is 0.124. The molecule has 0 spiro atoms. The molecular weight excluding hydrogens is 316 g/mol. The van der Waals surface area contributed by atoms with Crippen molar-refractivity contribution in [2.45, 2.75) is 25.4 Å². The van der Waals surface area contributed by atoms with Crippen molar-refractivity contribution in [2.75, 3.05) is 5.32 Å². The summed E-state index contributed by atoms with van der Waals surface area (Å²) in [5.41, 5.74) is 1.13. The molecule has 0 unspecified atom stereocenters. The molecule has 0 amide bonds. The van der Waals surface area contributed by atoms with E-state index in [0.29, 0.717) is 12.6 Å². The van der Waals surface area contributed by atoms with Crippen LogP contribution >= 0.6 is 15.9 Å². The number of hydrogen-bond donors (Lipinski definition) is 1. The molecule has 0 bridgehead atoms. The van der Waals surface area contributed by atoms with Gasteiger partial charge in [0, 0.05) is 18.3 Å². The minimum Gasteiger partial charge on any atom is -0.377 e. The topological polar surface area (TPSA) is 29.9 Å². The monoisotopic (exact) mass is 327 g/mol. The number of aromatic nitrogens is 2. The van der Waals surface area contributed by atoms with E-state index in [1.807, 2.05) is 0 Å². The SMILES string of the molecule is Fc1cc(NCc2cncn2C2CC2)c(F)cc1Br. The van der Waals surface area contributed by atoms with Gasteiger partial charge in [-0.25, -0.2) is 13.8 Å². The Morgan fingerprint density at radius 1 is 1.32 bits per heavy atom. The van der Waals surface area contributed by atoms with Crippen molar-refractivity contribution in [3.8, 4) is 0 Å². The fourth-order valence-corrected chi connectivity index (χ4v) is 2.31. The Kier molecular flexibility index (Phi) is 3.26. The minimum atomic E-state index is -0.486. The molecule has 1 N–H and O–H groups in total. The van der Waals surface area contributed by atoms with Crippen LogP contribution in [0.4, 0.5) is 14.5 Å². The molecule has 1 fully saturated rings. The maximum Gasteiger partial charge on any atom is 0.147 e. The fraction of sp³-hybridized carbons (Fsp3) is 0.308. The van der Waals surface area contributed by atoms with Gasteiger partial charge in [-0.1, -0.05) is 0 Å². The number of imidazole rings is 1. The van der Waals surface area contributed by atoms with Crippen LogP contribution in [0.3, 0.4) is 0 Å². The van der Waals surface area contributed by atoms with Gasteiger partial charge in [0.15, 0.2) is 0 Å². The molecule has 6 heteroatoms. The summed E-state index contributed by atoms with van der Waals surface area (Å²) < 4.78 is 29.2. The average molecular weight is 328 g/mol. The van der Waals surface area contributed by atoms with Gasteiger partial charge in [0.05, 0.1) is 28.7 Å². The summed E-state index contributed by atoms with van der Waals surface area (Å²) in [4.78, 5) is 4.10. The summed E-state index contributed by atoms with van der Waals surface area (Å²) in [6, 6.07) is 2.79. The first kappa shape index (κ1) is 12.6. The Hall–Kier alpha value is -1.43. The lowest BCUT2D eigenvalue weighted by molar-refractivity contribution is 0.596. The van der Waals surface area contributed by atoms with E-state index in [4.69, 9.17) is 0 Å². The highest BCUT2D eigenvalue weighted by atomic mass is 79.9. The lowest BCUT2D eigenvalue weighted by Crippen LogP contribution is -2.07. The standard InChI is InChI=1S/C13H12BrF2N3/c14-10-3-12(16)13(4-11(10)15)18-6-9-5-17-7-19(9)8-1-2-8/h3-5,7-8,18H,1-2,6H2. The molecule has 3 rings (SSSR count). The normalized spacial score (nSPS) is 14.7. The van der Waals surface area contributed by atoms with E-state index in [9.17, 15) is 8.78 Å². The van der Waals surface area contributed by atoms with Gasteiger partial charge >= 0.3 is 0 Å². The van der Waals surface area contributed by atoms with E-state index in [1.165, 1.54) is 0 Å². The highest BCUT2D eigenvalue weighted by Gasteiger charge is 2.25. The predicted octanol–water partition coefficient (Wildman–Crippen LogP) is 3.87. The maximum atomic E-state index is 13.6. The molecule has 0 atom stereocenters. The van der Waals surface area contributed by atoms with Crippen LogP contribution in [0.5, 0.6) is 0 Å². The van der Waals surface area contributed by atoms with Gasteiger partial charge in [-0.3, -0.25) is 0 Å². The Labute approximate surface area is 117 Å². The second-order valence-corrected chi connectivity index (χ2v) is 5.48. The van der Waals surface area contributed by atoms with Crippen LogP contribution in [-0.2, 0) is 6.54 Å². The van der Waals surface area contributed by atoms with Gasteiger partial charge in [0.25, 0.3) is 0 Å². The first-order valence-electron chi connectivity index (χ1n) is 6.04. The third-order valence-electron chi connectivity index (χ3n) is 3.16. The summed E-state index contributed by atoms with van der Waals surface area (Å²) in [6.45, 7) is 0.425. The summed E-state index contributed by atoms with van der Waals surface area (Å²) in [7, 11) is 0. The molecule has 1 heterocycles. The number of benzene rings is 1. The summed E-state index contributed by atoms with van der Waals surface area (Å²) in [5, 5.41) is 2.91. The molecule has 1 aliphatic carbocycles. The second-order valence-electron chi connectivity index (χ2n) is 4.62. The van der Waals surface area contributed by atoms with Crippen molar-refractivity contribution in [2.24, 2.45) is 0 Å². The highest BCUT2D eigenvalue weighted by Crippen LogP contribution is 2.35. The van der Waals surface area contributed by atoms with Gasteiger partial charge < -0.3 is 9.88 Å². The molecule has 0 saturated heterocycles. The molecule has 1 aromatic carbocycles. The largest absolute Gasteiger partial charge is 0.377 e. The van der Waals surface area contributed by atoms with Crippen molar-refractivity contribution in [1.29, 1.82) is 0 Å². The molecule has 1 aromatic heterocycles. The quantitative estimate of drug-likeness (QED) is 0.864. The maximum absolute atomic E-state index is 13.6. The van der Waals surface area contributed by atoms with Crippen molar-refractivity contribution in [3.63, 3.8) is 0 Å². The number of halogens is 3. The van der Waals surface area contributed by atoms with Crippen LogP contribution in [-0.4, -0.2) is 9.55 Å². The summed E-state index contributed by atoms with van der Waals surface area (Å²) in [5.74, 6) is -0.967. The zero-order valence-corrected chi connectivity index (χ0v) is 11.6. The van der Waals surface area contributed by atoms with Gasteiger partial charge in [-0.05, 0) is 34.8 Å². The number of rotatable bonds is 4. The zero-order chi connectivity index (χ0) is 13.4. The third-order valence-corrected chi connectivity index (χ3v) is 3.76. The number of nitrogens with one attached hydrogen (secondary N) is 1. The Bertz CT molecular complexity index is 608. The van der Waals surface area contributed by atoms with Crippen LogP contribution in [0, 0.1) is 11.6 Å². The third kappa shape index (κ3) is 2.63. The summed E-state index contributed by atoms with van der Waals surface area (Å²) >= 11 is 2.95. The van der Waals surface area contributed by atoms with E-state index >= 15 is 0 Å². The van der Waals surface area contributed by atoms with Gasteiger partial charge in [-0.2, -0.15) is 0 Å².